The van der Waals surface area contributed by atoms with Crippen LogP contribution in [0.1, 0.15) is 26.3 Å². The molecule has 0 N–H and O–H groups in total. The predicted molar refractivity (Wildman–Crippen MR) is 106 cm³/mol. The third-order valence-electron chi connectivity index (χ3n) is 6.35. The number of ether oxygens (including phenoxy) is 3. The first-order valence-electron chi connectivity index (χ1n) is 9.70. The Morgan fingerprint density at radius 3 is 2.41 bits per heavy atom. The largest absolute Gasteiger partial charge is 0.456 e. The van der Waals surface area contributed by atoms with E-state index in [0.29, 0.717) is 13.0 Å². The van der Waals surface area contributed by atoms with Crippen molar-refractivity contribution in [3.63, 3.8) is 0 Å². The van der Waals surface area contributed by atoms with Gasteiger partial charge in [-0.15, -0.1) is 0 Å². The van der Waals surface area contributed by atoms with Crippen LogP contribution < -0.4 is 0 Å². The zero-order chi connectivity index (χ0) is 19.8. The van der Waals surface area contributed by atoms with Crippen LogP contribution in [0.25, 0.3) is 0 Å². The number of methoxy groups -OCH3 is 1. The highest BCUT2D eigenvalue weighted by Gasteiger charge is 2.58. The minimum Gasteiger partial charge on any atom is -0.456 e. The fraction of sp³-hybridized carbons (Fsp3) is 0.667. The van der Waals surface area contributed by atoms with Crippen LogP contribution in [0.2, 0.25) is 18.1 Å². The van der Waals surface area contributed by atoms with Gasteiger partial charge < -0.3 is 18.6 Å². The lowest BCUT2D eigenvalue weighted by molar-refractivity contribution is -0.177. The molecular weight excluding hydrogens is 360 g/mol. The number of esters is 1. The molecule has 0 bridgehead atoms. The molecule has 2 aliphatic rings. The zero-order valence-electron chi connectivity index (χ0n) is 17.2. The summed E-state index contributed by atoms with van der Waals surface area (Å²) in [6.45, 7) is 11.6. The van der Waals surface area contributed by atoms with Crippen LogP contribution in [0.15, 0.2) is 30.3 Å². The minimum atomic E-state index is -1.91. The molecule has 2 saturated heterocycles. The summed E-state index contributed by atoms with van der Waals surface area (Å²) in [7, 11) is -0.314. The quantitative estimate of drug-likeness (QED) is 0.545. The van der Waals surface area contributed by atoms with Crippen molar-refractivity contribution in [3.05, 3.63) is 35.9 Å². The van der Waals surface area contributed by atoms with E-state index in [4.69, 9.17) is 18.6 Å². The second kappa shape index (κ2) is 7.66. The molecule has 1 aromatic carbocycles. The van der Waals surface area contributed by atoms with Crippen LogP contribution in [0.4, 0.5) is 0 Å². The van der Waals surface area contributed by atoms with Crippen molar-refractivity contribution in [2.75, 3.05) is 13.7 Å². The second-order valence-corrected chi connectivity index (χ2v) is 13.9. The molecule has 27 heavy (non-hydrogen) atoms. The Morgan fingerprint density at radius 1 is 1.15 bits per heavy atom. The van der Waals surface area contributed by atoms with Gasteiger partial charge in [0.1, 0.15) is 0 Å². The zero-order valence-corrected chi connectivity index (χ0v) is 18.2. The molecule has 0 spiro atoms. The third kappa shape index (κ3) is 4.14. The number of hydrogen-bond acceptors (Lipinski definition) is 5. The van der Waals surface area contributed by atoms with Crippen molar-refractivity contribution in [2.45, 2.75) is 63.8 Å². The van der Waals surface area contributed by atoms with E-state index in [9.17, 15) is 4.79 Å². The first kappa shape index (κ1) is 20.5. The Bertz CT molecular complexity index is 654. The number of carbonyl (C=O) groups excluding carboxylic acids is 1. The Balaban J connectivity index is 1.77. The molecule has 2 fully saturated rings. The fourth-order valence-corrected chi connectivity index (χ4v) is 4.68. The lowest BCUT2D eigenvalue weighted by atomic mass is 9.83. The molecule has 0 radical (unpaired) electrons. The highest BCUT2D eigenvalue weighted by Crippen LogP contribution is 2.44. The number of benzene rings is 1. The summed E-state index contributed by atoms with van der Waals surface area (Å²) >= 11 is 0. The van der Waals surface area contributed by atoms with Gasteiger partial charge in [-0.2, -0.15) is 0 Å². The van der Waals surface area contributed by atoms with E-state index in [1.54, 1.807) is 7.11 Å². The molecule has 0 amide bonds. The van der Waals surface area contributed by atoms with Crippen molar-refractivity contribution in [1.29, 1.82) is 0 Å². The van der Waals surface area contributed by atoms with Gasteiger partial charge in [-0.25, -0.2) is 0 Å². The van der Waals surface area contributed by atoms with E-state index < -0.39 is 14.6 Å². The standard InChI is InChI=1S/C21H32O5Si/c1-21(2,3)27(5,6)24-13-16-17-15(12-14-10-8-7-9-11-14)19(22)26-18(17)20(23-4)25-16/h7-11,15-18,20H,12-13H2,1-6H3/t15-,16+,17+,18+,20+/m0/s1. The lowest BCUT2D eigenvalue weighted by Crippen LogP contribution is -2.44. The van der Waals surface area contributed by atoms with Crippen LogP contribution in [0.3, 0.4) is 0 Å². The monoisotopic (exact) mass is 392 g/mol. The molecule has 150 valence electrons. The molecule has 6 heteroatoms. The van der Waals surface area contributed by atoms with Gasteiger partial charge in [-0.1, -0.05) is 51.1 Å². The fourth-order valence-electron chi connectivity index (χ4n) is 3.67. The summed E-state index contributed by atoms with van der Waals surface area (Å²) in [4.78, 5) is 12.6. The van der Waals surface area contributed by atoms with Gasteiger partial charge >= 0.3 is 5.97 Å². The first-order chi connectivity index (χ1) is 12.6. The van der Waals surface area contributed by atoms with E-state index in [-0.39, 0.29) is 35.1 Å². The van der Waals surface area contributed by atoms with E-state index in [2.05, 4.69) is 33.9 Å². The van der Waals surface area contributed by atoms with E-state index >= 15 is 0 Å². The molecular formula is C21H32O5Si. The SMILES string of the molecule is CO[C@@H]1O[C@H](CO[Si](C)(C)C(C)(C)C)[C@@H]2[C@H]1OC(=O)[C@H]2Cc1ccccc1. The van der Waals surface area contributed by atoms with E-state index in [1.165, 1.54) is 0 Å². The van der Waals surface area contributed by atoms with Gasteiger partial charge in [-0.05, 0) is 30.1 Å². The molecule has 0 aliphatic carbocycles. The van der Waals surface area contributed by atoms with Gasteiger partial charge in [0, 0.05) is 13.0 Å². The van der Waals surface area contributed by atoms with Gasteiger partial charge in [-0.3, -0.25) is 4.79 Å². The minimum absolute atomic E-state index is 0.0487. The average Bonchev–Trinajstić information content (AvgIpc) is 3.10. The number of hydrogen-bond donors (Lipinski definition) is 0. The van der Waals surface area contributed by atoms with Gasteiger partial charge in [0.25, 0.3) is 0 Å². The summed E-state index contributed by atoms with van der Waals surface area (Å²) in [6, 6.07) is 10.1. The molecule has 2 aliphatic heterocycles. The Labute approximate surface area is 163 Å². The van der Waals surface area contributed by atoms with Crippen LogP contribution in [-0.2, 0) is 29.9 Å². The first-order valence-corrected chi connectivity index (χ1v) is 12.6. The number of fused-ring (bicyclic) bond motifs is 1. The molecule has 5 nitrogen and oxygen atoms in total. The maximum atomic E-state index is 12.6. The van der Waals surface area contributed by atoms with Crippen molar-refractivity contribution in [3.8, 4) is 0 Å². The van der Waals surface area contributed by atoms with Gasteiger partial charge in [0.05, 0.1) is 18.6 Å². The Kier molecular flexibility index (Phi) is 5.82. The predicted octanol–water partition coefficient (Wildman–Crippen LogP) is 3.78. The van der Waals surface area contributed by atoms with Gasteiger partial charge in [0.2, 0.25) is 0 Å². The average molecular weight is 393 g/mol. The summed E-state index contributed by atoms with van der Waals surface area (Å²) in [6.07, 6.45) is -0.428. The Hall–Kier alpha value is -1.21. The number of rotatable bonds is 6. The highest BCUT2D eigenvalue weighted by atomic mass is 28.4. The molecule has 5 atom stereocenters. The van der Waals surface area contributed by atoms with E-state index in [0.717, 1.165) is 5.56 Å². The second-order valence-electron chi connectivity index (χ2n) is 9.13. The van der Waals surface area contributed by atoms with Crippen molar-refractivity contribution in [2.24, 2.45) is 11.8 Å². The van der Waals surface area contributed by atoms with Gasteiger partial charge in [0.15, 0.2) is 20.7 Å². The van der Waals surface area contributed by atoms with Crippen LogP contribution in [-0.4, -0.2) is 46.5 Å². The summed E-state index contributed by atoms with van der Waals surface area (Å²) < 4.78 is 23.6. The third-order valence-corrected chi connectivity index (χ3v) is 10.9. The molecule has 2 heterocycles. The topological polar surface area (TPSA) is 54.0 Å². The van der Waals surface area contributed by atoms with Crippen LogP contribution in [0, 0.1) is 11.8 Å². The molecule has 0 unspecified atom stereocenters. The maximum Gasteiger partial charge on any atom is 0.310 e. The number of carbonyl (C=O) groups is 1. The van der Waals surface area contributed by atoms with Crippen LogP contribution >= 0.6 is 0 Å². The summed E-state index contributed by atoms with van der Waals surface area (Å²) in [5.41, 5.74) is 1.13. The Morgan fingerprint density at radius 2 is 1.81 bits per heavy atom. The summed E-state index contributed by atoms with van der Waals surface area (Å²) in [5, 5.41) is 0.122. The molecule has 0 saturated carbocycles. The maximum absolute atomic E-state index is 12.6. The van der Waals surface area contributed by atoms with Crippen LogP contribution in [0.5, 0.6) is 0 Å². The highest BCUT2D eigenvalue weighted by molar-refractivity contribution is 6.74. The molecule has 1 aromatic rings. The normalized spacial score (nSPS) is 31.0. The van der Waals surface area contributed by atoms with Crippen molar-refractivity contribution >= 4 is 14.3 Å². The van der Waals surface area contributed by atoms with Crippen molar-refractivity contribution in [1.82, 2.24) is 0 Å². The summed E-state index contributed by atoms with van der Waals surface area (Å²) in [5.74, 6) is -0.436. The molecule has 0 aromatic heterocycles. The van der Waals surface area contributed by atoms with E-state index in [1.807, 2.05) is 30.3 Å². The van der Waals surface area contributed by atoms with Crippen molar-refractivity contribution < 1.29 is 23.4 Å². The smallest absolute Gasteiger partial charge is 0.310 e. The molecule has 3 rings (SSSR count). The lowest BCUT2D eigenvalue weighted by Gasteiger charge is -2.37.